The van der Waals surface area contributed by atoms with Gasteiger partial charge in [0, 0.05) is 34.9 Å². The summed E-state index contributed by atoms with van der Waals surface area (Å²) in [6.45, 7) is 0.493. The van der Waals surface area contributed by atoms with Gasteiger partial charge in [-0.15, -0.1) is 0 Å². The van der Waals surface area contributed by atoms with Crippen LogP contribution in [0.1, 0.15) is 12.0 Å². The average molecular weight is 379 g/mol. The van der Waals surface area contributed by atoms with Crippen LogP contribution in [0.3, 0.4) is 0 Å². The molecule has 2 rings (SSSR count). The van der Waals surface area contributed by atoms with Crippen LogP contribution in [0.5, 0.6) is 0 Å². The number of nitrogens with zero attached hydrogens (tertiary/aromatic N) is 1. The van der Waals surface area contributed by atoms with Crippen LogP contribution in [0.4, 0.5) is 0 Å². The molecule has 0 N–H and O–H groups in total. The van der Waals surface area contributed by atoms with Gasteiger partial charge in [0.15, 0.2) is 0 Å². The maximum atomic E-state index is 13.0. The highest BCUT2D eigenvalue weighted by Gasteiger charge is 2.52. The minimum atomic E-state index is -0.545. The second-order valence-electron chi connectivity index (χ2n) is 6.57. The average Bonchev–Trinajstić information content (AvgIpc) is 2.99. The Bertz CT molecular complexity index is 588. The number of hydrogen-bond acceptors (Lipinski definition) is 6. The van der Waals surface area contributed by atoms with Gasteiger partial charge in [-0.05, 0) is 12.0 Å². The van der Waals surface area contributed by atoms with E-state index >= 15 is 0 Å². The predicted molar refractivity (Wildman–Crippen MR) is 99.5 cm³/mol. The molecule has 150 valence electrons. The number of amides is 1. The Hall–Kier alpha value is -1.80. The Morgan fingerprint density at radius 3 is 1.85 bits per heavy atom. The first kappa shape index (κ1) is 21.5. The van der Waals surface area contributed by atoms with Crippen LogP contribution in [-0.4, -0.2) is 82.5 Å². The monoisotopic (exact) mass is 379 g/mol. The lowest BCUT2D eigenvalue weighted by atomic mass is 10.1. The zero-order valence-corrected chi connectivity index (χ0v) is 16.4. The first-order chi connectivity index (χ1) is 13.1. The van der Waals surface area contributed by atoms with E-state index in [-0.39, 0.29) is 19.6 Å². The van der Waals surface area contributed by atoms with Crippen molar-refractivity contribution in [3.05, 3.63) is 35.9 Å². The summed E-state index contributed by atoms with van der Waals surface area (Å²) in [5, 5.41) is 0. The van der Waals surface area contributed by atoms with Crippen LogP contribution in [0, 0.1) is 0 Å². The molecule has 0 saturated carbocycles. The van der Waals surface area contributed by atoms with Gasteiger partial charge >= 0.3 is 0 Å². The fourth-order valence-electron chi connectivity index (χ4n) is 3.73. The second kappa shape index (κ2) is 10.5. The van der Waals surface area contributed by atoms with Gasteiger partial charge in [0.1, 0.15) is 12.2 Å². The molecule has 1 heterocycles. The van der Waals surface area contributed by atoms with E-state index in [1.165, 1.54) is 4.90 Å². The summed E-state index contributed by atoms with van der Waals surface area (Å²) in [5.74, 6) is -0.982. The van der Waals surface area contributed by atoms with Gasteiger partial charge < -0.3 is 23.8 Å². The van der Waals surface area contributed by atoms with E-state index in [4.69, 9.17) is 18.9 Å². The number of hydrogen-bond donors (Lipinski definition) is 0. The molecule has 7 heteroatoms. The highest BCUT2D eigenvalue weighted by molar-refractivity contribution is 6.36. The molecule has 7 nitrogen and oxygen atoms in total. The van der Waals surface area contributed by atoms with Crippen molar-refractivity contribution in [2.45, 2.75) is 37.1 Å². The molecule has 27 heavy (non-hydrogen) atoms. The van der Waals surface area contributed by atoms with E-state index in [1.54, 1.807) is 28.4 Å². The lowest BCUT2D eigenvalue weighted by molar-refractivity contribution is -0.149. The van der Waals surface area contributed by atoms with Gasteiger partial charge in [-0.2, -0.15) is 0 Å². The van der Waals surface area contributed by atoms with Crippen molar-refractivity contribution >= 4 is 11.7 Å². The lowest BCUT2D eigenvalue weighted by Crippen LogP contribution is -2.50. The summed E-state index contributed by atoms with van der Waals surface area (Å²) in [6.07, 6.45) is -0.138. The molecule has 1 aliphatic rings. The molecule has 1 aromatic carbocycles. The highest BCUT2D eigenvalue weighted by Crippen LogP contribution is 2.30. The van der Waals surface area contributed by atoms with Crippen molar-refractivity contribution in [2.24, 2.45) is 0 Å². The number of benzene rings is 1. The van der Waals surface area contributed by atoms with Crippen molar-refractivity contribution in [1.29, 1.82) is 0 Å². The molecule has 1 fully saturated rings. The minimum absolute atomic E-state index is 0.147. The summed E-state index contributed by atoms with van der Waals surface area (Å²) < 4.78 is 21.7. The molecular formula is C20H29NO6. The van der Waals surface area contributed by atoms with Gasteiger partial charge in [-0.25, -0.2) is 0 Å². The molecule has 1 aromatic rings. The van der Waals surface area contributed by atoms with Crippen molar-refractivity contribution in [1.82, 2.24) is 4.90 Å². The molecule has 1 amide bonds. The topological polar surface area (TPSA) is 74.3 Å². The summed E-state index contributed by atoms with van der Waals surface area (Å²) in [6, 6.07) is 8.79. The molecule has 4 atom stereocenters. The number of carbonyl (C=O) groups is 2. The maximum Gasteiger partial charge on any atom is 0.290 e. The molecule has 0 aliphatic carbocycles. The minimum Gasteiger partial charge on any atom is -0.382 e. The Balaban J connectivity index is 2.18. The van der Waals surface area contributed by atoms with Crippen LogP contribution < -0.4 is 0 Å². The standard InChI is InChI=1S/C20H29NO6/c1-24-12-15-18(26-3)19(27-4)16(13-25-2)21(15)20(23)17(22)11-10-14-8-6-5-7-9-14/h5-9,15-16,18-19H,10-13H2,1-4H3/t15-,16?,18?,19+/m0/s1. The number of ether oxygens (including phenoxy) is 4. The number of methoxy groups -OCH3 is 4. The number of carbonyl (C=O) groups excluding carboxylic acids is 2. The summed E-state index contributed by atoms with van der Waals surface area (Å²) in [5.41, 5.74) is 1.02. The summed E-state index contributed by atoms with van der Waals surface area (Å²) >= 11 is 0. The number of aryl methyl sites for hydroxylation is 1. The van der Waals surface area contributed by atoms with Gasteiger partial charge in [0.25, 0.3) is 5.91 Å². The normalized spacial score (nSPS) is 25.0. The number of ketones is 1. The zero-order chi connectivity index (χ0) is 19.8. The SMILES string of the molecule is COCC1[C@@H](OC)C(OC)[C@H](COC)N1C(=O)C(=O)CCc1ccccc1. The first-order valence-corrected chi connectivity index (χ1v) is 9.01. The van der Waals surface area contributed by atoms with E-state index in [9.17, 15) is 9.59 Å². The smallest absolute Gasteiger partial charge is 0.290 e. The molecule has 0 radical (unpaired) electrons. The van der Waals surface area contributed by atoms with Gasteiger partial charge in [-0.3, -0.25) is 9.59 Å². The largest absolute Gasteiger partial charge is 0.382 e. The Morgan fingerprint density at radius 1 is 0.889 bits per heavy atom. The molecule has 1 saturated heterocycles. The quantitative estimate of drug-likeness (QED) is 0.567. The molecule has 1 aliphatic heterocycles. The number of Topliss-reactive ketones (excluding diaryl/α,β-unsaturated/α-hetero) is 1. The third-order valence-electron chi connectivity index (χ3n) is 4.97. The van der Waals surface area contributed by atoms with Crippen LogP contribution >= 0.6 is 0 Å². The fraction of sp³-hybridized carbons (Fsp3) is 0.600. The van der Waals surface area contributed by atoms with Crippen molar-refractivity contribution in [2.75, 3.05) is 41.7 Å². The van der Waals surface area contributed by atoms with Crippen LogP contribution in [0.15, 0.2) is 30.3 Å². The molecular weight excluding hydrogens is 350 g/mol. The zero-order valence-electron chi connectivity index (χ0n) is 16.4. The van der Waals surface area contributed by atoms with Gasteiger partial charge in [0.05, 0.1) is 25.3 Å². The third kappa shape index (κ3) is 4.93. The molecule has 2 unspecified atom stereocenters. The van der Waals surface area contributed by atoms with Crippen molar-refractivity contribution < 1.29 is 28.5 Å². The second-order valence-corrected chi connectivity index (χ2v) is 6.57. The van der Waals surface area contributed by atoms with Gasteiger partial charge in [-0.1, -0.05) is 30.3 Å². The van der Waals surface area contributed by atoms with Crippen molar-refractivity contribution in [3.63, 3.8) is 0 Å². The summed E-state index contributed by atoms with van der Waals surface area (Å²) in [4.78, 5) is 27.2. The lowest BCUT2D eigenvalue weighted by Gasteiger charge is -2.30. The Morgan fingerprint density at radius 2 is 1.41 bits per heavy atom. The van der Waals surface area contributed by atoms with E-state index < -0.39 is 36.0 Å². The number of likely N-dealkylation sites (tertiary alicyclic amines) is 1. The first-order valence-electron chi connectivity index (χ1n) is 9.01. The van der Waals surface area contributed by atoms with E-state index in [1.807, 2.05) is 30.3 Å². The fourth-order valence-corrected chi connectivity index (χ4v) is 3.73. The highest BCUT2D eigenvalue weighted by atomic mass is 16.5. The number of rotatable bonds is 10. The summed E-state index contributed by atoms with van der Waals surface area (Å²) in [7, 11) is 6.24. The van der Waals surface area contributed by atoms with E-state index in [0.29, 0.717) is 6.42 Å². The Labute approximate surface area is 160 Å². The molecule has 0 bridgehead atoms. The van der Waals surface area contributed by atoms with Crippen LogP contribution in [0.2, 0.25) is 0 Å². The predicted octanol–water partition coefficient (Wildman–Crippen LogP) is 1.09. The van der Waals surface area contributed by atoms with E-state index in [2.05, 4.69) is 0 Å². The van der Waals surface area contributed by atoms with Crippen molar-refractivity contribution in [3.8, 4) is 0 Å². The van der Waals surface area contributed by atoms with Crippen LogP contribution in [0.25, 0.3) is 0 Å². The van der Waals surface area contributed by atoms with Crippen LogP contribution in [-0.2, 0) is 35.0 Å². The third-order valence-corrected chi connectivity index (χ3v) is 4.97. The molecule has 0 aromatic heterocycles. The molecule has 0 spiro atoms. The Kier molecular flexibility index (Phi) is 8.37. The van der Waals surface area contributed by atoms with E-state index in [0.717, 1.165) is 5.56 Å². The van der Waals surface area contributed by atoms with Gasteiger partial charge in [0.2, 0.25) is 5.78 Å². The maximum absolute atomic E-state index is 13.0.